The maximum Gasteiger partial charge on any atom is 0.283 e. The third-order valence-electron chi connectivity index (χ3n) is 4.35. The second-order valence-electron chi connectivity index (χ2n) is 6.12. The Hall–Kier alpha value is -1.67. The fourth-order valence-corrected chi connectivity index (χ4v) is 5.93. The predicted octanol–water partition coefficient (Wildman–Crippen LogP) is 5.89. The molecule has 0 aromatic heterocycles. The molecular formula is C19H12Cl4O5S. The van der Waals surface area contributed by atoms with Crippen molar-refractivity contribution in [2.24, 2.45) is 0 Å². The summed E-state index contributed by atoms with van der Waals surface area (Å²) in [6.07, 6.45) is 0. The van der Waals surface area contributed by atoms with Crippen molar-refractivity contribution in [1.82, 2.24) is 0 Å². The van der Waals surface area contributed by atoms with Gasteiger partial charge >= 0.3 is 0 Å². The van der Waals surface area contributed by atoms with Crippen LogP contribution in [0.2, 0.25) is 20.1 Å². The van der Waals surface area contributed by atoms with E-state index in [1.165, 1.54) is 36.4 Å². The number of rotatable bonds is 4. The molecule has 3 aromatic carbocycles. The van der Waals surface area contributed by atoms with Crippen LogP contribution in [-0.2, 0) is 14.9 Å². The standard InChI is InChI=1S/C19H12Cl4O5S/c20-12-8-15(22)18(16(23)9-12)19(29(26,27)28,10-2-1-3-13(24)6-10)11-4-5-17(25)14(21)7-11/h1-9,24-25H,(H,26,27,28). The van der Waals surface area contributed by atoms with Crippen LogP contribution in [0, 0.1) is 0 Å². The van der Waals surface area contributed by atoms with Crippen LogP contribution >= 0.6 is 46.4 Å². The Kier molecular flexibility index (Phi) is 5.98. The highest BCUT2D eigenvalue weighted by Gasteiger charge is 2.51. The molecule has 0 aliphatic carbocycles. The number of benzene rings is 3. The second-order valence-corrected chi connectivity index (χ2v) is 9.34. The van der Waals surface area contributed by atoms with Crippen molar-refractivity contribution in [2.45, 2.75) is 4.75 Å². The average Bonchev–Trinajstić information content (AvgIpc) is 2.59. The highest BCUT2D eigenvalue weighted by Crippen LogP contribution is 2.51. The number of hydrogen-bond donors (Lipinski definition) is 3. The van der Waals surface area contributed by atoms with Gasteiger partial charge in [-0.15, -0.1) is 0 Å². The Morgan fingerprint density at radius 3 is 1.86 bits per heavy atom. The van der Waals surface area contributed by atoms with Gasteiger partial charge in [0, 0.05) is 20.6 Å². The molecule has 3 aromatic rings. The molecule has 29 heavy (non-hydrogen) atoms. The van der Waals surface area contributed by atoms with Crippen molar-refractivity contribution in [2.75, 3.05) is 0 Å². The number of halogens is 4. The van der Waals surface area contributed by atoms with E-state index in [9.17, 15) is 23.2 Å². The summed E-state index contributed by atoms with van der Waals surface area (Å²) in [6, 6.07) is 11.4. The first-order chi connectivity index (χ1) is 13.5. The third-order valence-corrected chi connectivity index (χ3v) is 6.92. The molecule has 3 N–H and O–H groups in total. The second kappa shape index (κ2) is 7.87. The number of phenolic OH excluding ortho intramolecular Hbond substituents is 2. The Morgan fingerprint density at radius 1 is 0.759 bits per heavy atom. The lowest BCUT2D eigenvalue weighted by atomic mass is 9.83. The van der Waals surface area contributed by atoms with Crippen molar-refractivity contribution >= 4 is 56.5 Å². The van der Waals surface area contributed by atoms with Gasteiger partial charge < -0.3 is 10.2 Å². The molecule has 1 atom stereocenters. The molecule has 0 spiro atoms. The van der Waals surface area contributed by atoms with Crippen LogP contribution in [0.1, 0.15) is 16.7 Å². The summed E-state index contributed by atoms with van der Waals surface area (Å²) in [5, 5.41) is 19.5. The minimum absolute atomic E-state index is 0.0621. The molecule has 10 heteroatoms. The summed E-state index contributed by atoms with van der Waals surface area (Å²) in [5.41, 5.74) is -0.326. The quantitative estimate of drug-likeness (QED) is 0.311. The third kappa shape index (κ3) is 3.77. The van der Waals surface area contributed by atoms with Gasteiger partial charge in [-0.2, -0.15) is 8.42 Å². The van der Waals surface area contributed by atoms with Gasteiger partial charge in [-0.3, -0.25) is 4.55 Å². The van der Waals surface area contributed by atoms with Gasteiger partial charge in [-0.1, -0.05) is 64.6 Å². The van der Waals surface area contributed by atoms with Crippen molar-refractivity contribution in [3.05, 3.63) is 91.4 Å². The van der Waals surface area contributed by atoms with E-state index in [1.54, 1.807) is 0 Å². The maximum atomic E-state index is 13.0. The number of aromatic hydroxyl groups is 2. The van der Waals surface area contributed by atoms with Gasteiger partial charge in [0.05, 0.1) is 5.02 Å². The zero-order valence-electron chi connectivity index (χ0n) is 14.3. The fraction of sp³-hybridized carbons (Fsp3) is 0.0526. The molecule has 1 unspecified atom stereocenters. The lowest BCUT2D eigenvalue weighted by molar-refractivity contribution is 0.455. The smallest absolute Gasteiger partial charge is 0.283 e. The molecule has 0 fully saturated rings. The van der Waals surface area contributed by atoms with Crippen LogP contribution < -0.4 is 0 Å². The minimum atomic E-state index is -5.05. The van der Waals surface area contributed by atoms with Gasteiger partial charge in [-0.05, 0) is 47.5 Å². The zero-order valence-corrected chi connectivity index (χ0v) is 18.1. The SMILES string of the molecule is O=S(=O)(O)C(c1cccc(O)c1)(c1ccc(O)c(Cl)c1)c1c(Cl)cc(Cl)cc1Cl. The Bertz CT molecular complexity index is 1190. The highest BCUT2D eigenvalue weighted by atomic mass is 35.5. The number of phenols is 2. The van der Waals surface area contributed by atoms with Crippen molar-refractivity contribution in [3.8, 4) is 11.5 Å². The van der Waals surface area contributed by atoms with Gasteiger partial charge in [0.15, 0.2) is 4.75 Å². The Balaban J connectivity index is 2.61. The van der Waals surface area contributed by atoms with Crippen molar-refractivity contribution in [3.63, 3.8) is 0 Å². The summed E-state index contributed by atoms with van der Waals surface area (Å²) >= 11 is 24.7. The highest BCUT2D eigenvalue weighted by molar-refractivity contribution is 7.87. The summed E-state index contributed by atoms with van der Waals surface area (Å²) < 4.78 is 34.0. The van der Waals surface area contributed by atoms with Crippen LogP contribution in [0.15, 0.2) is 54.6 Å². The van der Waals surface area contributed by atoms with Crippen LogP contribution in [0.5, 0.6) is 11.5 Å². The molecule has 0 saturated heterocycles. The normalized spacial score (nSPS) is 13.8. The minimum Gasteiger partial charge on any atom is -0.508 e. The van der Waals surface area contributed by atoms with E-state index in [2.05, 4.69) is 0 Å². The molecule has 0 amide bonds. The van der Waals surface area contributed by atoms with Crippen LogP contribution in [-0.4, -0.2) is 23.2 Å². The molecule has 0 bridgehead atoms. The molecule has 5 nitrogen and oxygen atoms in total. The maximum absolute atomic E-state index is 13.0. The summed E-state index contributed by atoms with van der Waals surface area (Å²) in [6.45, 7) is 0. The van der Waals surface area contributed by atoms with Gasteiger partial charge in [0.2, 0.25) is 0 Å². The molecule has 0 saturated carbocycles. The lowest BCUT2D eigenvalue weighted by Crippen LogP contribution is -2.39. The Morgan fingerprint density at radius 2 is 1.34 bits per heavy atom. The summed E-state index contributed by atoms with van der Waals surface area (Å²) in [4.78, 5) is 0. The van der Waals surface area contributed by atoms with Crippen LogP contribution in [0.4, 0.5) is 0 Å². The van der Waals surface area contributed by atoms with E-state index in [-0.39, 0.29) is 48.3 Å². The van der Waals surface area contributed by atoms with Gasteiger partial charge in [0.1, 0.15) is 11.5 Å². The van der Waals surface area contributed by atoms with E-state index < -0.39 is 14.9 Å². The molecule has 152 valence electrons. The Labute approximate surface area is 186 Å². The summed E-state index contributed by atoms with van der Waals surface area (Å²) in [5.74, 6) is -0.564. The molecule has 0 heterocycles. The van der Waals surface area contributed by atoms with Gasteiger partial charge in [-0.25, -0.2) is 0 Å². The van der Waals surface area contributed by atoms with Crippen LogP contribution in [0.3, 0.4) is 0 Å². The van der Waals surface area contributed by atoms with Gasteiger partial charge in [0.25, 0.3) is 10.1 Å². The zero-order chi connectivity index (χ0) is 21.6. The largest absolute Gasteiger partial charge is 0.508 e. The van der Waals surface area contributed by atoms with Crippen molar-refractivity contribution < 1.29 is 23.2 Å². The topological polar surface area (TPSA) is 94.8 Å². The first-order valence-electron chi connectivity index (χ1n) is 7.89. The van der Waals surface area contributed by atoms with E-state index in [1.807, 2.05) is 0 Å². The first kappa shape index (κ1) is 22.0. The van der Waals surface area contributed by atoms with E-state index in [4.69, 9.17) is 46.4 Å². The van der Waals surface area contributed by atoms with Crippen molar-refractivity contribution in [1.29, 1.82) is 0 Å². The van der Waals surface area contributed by atoms with E-state index in [0.717, 1.165) is 18.2 Å². The van der Waals surface area contributed by atoms with Crippen LogP contribution in [0.25, 0.3) is 0 Å². The molecule has 3 rings (SSSR count). The summed E-state index contributed by atoms with van der Waals surface area (Å²) in [7, 11) is -5.05. The van der Waals surface area contributed by atoms with E-state index in [0.29, 0.717) is 0 Å². The average molecular weight is 494 g/mol. The lowest BCUT2D eigenvalue weighted by Gasteiger charge is -2.34. The number of hydrogen-bond acceptors (Lipinski definition) is 4. The molecular weight excluding hydrogens is 482 g/mol. The molecule has 0 aliphatic heterocycles. The molecule has 0 aliphatic rings. The first-order valence-corrected chi connectivity index (χ1v) is 10.8. The predicted molar refractivity (Wildman–Crippen MR) is 114 cm³/mol. The fourth-order valence-electron chi connectivity index (χ4n) is 3.21. The molecule has 0 radical (unpaired) electrons. The van der Waals surface area contributed by atoms with E-state index >= 15 is 0 Å². The monoisotopic (exact) mass is 492 g/mol.